The summed E-state index contributed by atoms with van der Waals surface area (Å²) in [6, 6.07) is 0.765. The molecule has 2 saturated heterocycles. The number of rotatable bonds is 3. The zero-order chi connectivity index (χ0) is 21.3. The fourth-order valence-corrected chi connectivity index (χ4v) is 4.42. The van der Waals surface area contributed by atoms with E-state index in [0.29, 0.717) is 45.1 Å². The summed E-state index contributed by atoms with van der Waals surface area (Å²) in [6.07, 6.45) is -3.45. The van der Waals surface area contributed by atoms with Crippen molar-refractivity contribution in [2.75, 3.05) is 44.2 Å². The molecule has 0 radical (unpaired) electrons. The number of morpholine rings is 1. The van der Waals surface area contributed by atoms with E-state index in [2.05, 4.69) is 4.98 Å². The van der Waals surface area contributed by atoms with Crippen LogP contribution in [0.5, 0.6) is 0 Å². The number of piperazine rings is 1. The van der Waals surface area contributed by atoms with Crippen LogP contribution in [0.3, 0.4) is 0 Å². The zero-order valence-corrected chi connectivity index (χ0v) is 17.6. The molecule has 29 heavy (non-hydrogen) atoms. The lowest BCUT2D eigenvalue weighted by Gasteiger charge is -2.38. The smallest absolute Gasteiger partial charge is 0.372 e. The van der Waals surface area contributed by atoms with E-state index in [1.165, 1.54) is 4.90 Å². The predicted octanol–water partition coefficient (Wildman–Crippen LogP) is 0.902. The molecule has 1 aromatic heterocycles. The summed E-state index contributed by atoms with van der Waals surface area (Å²) in [4.78, 5) is 20.6. The first kappa shape index (κ1) is 22.1. The number of amides is 1. The van der Waals surface area contributed by atoms with Crippen LogP contribution in [0, 0.1) is 0 Å². The Morgan fingerprint density at radius 3 is 2.38 bits per heavy atom. The zero-order valence-electron chi connectivity index (χ0n) is 16.9. The molecule has 0 saturated carbocycles. The molecule has 0 spiro atoms. The summed E-state index contributed by atoms with van der Waals surface area (Å²) in [5.41, 5.74) is -0.802. The highest BCUT2D eigenvalue weighted by atomic mass is 35.5. The van der Waals surface area contributed by atoms with E-state index >= 15 is 0 Å². The number of quaternary nitrogens is 1. The van der Waals surface area contributed by atoms with Gasteiger partial charge in [-0.25, -0.2) is 9.88 Å². The van der Waals surface area contributed by atoms with E-state index in [9.17, 15) is 18.0 Å². The molecule has 6 nitrogen and oxygen atoms in total. The molecule has 3 rings (SSSR count). The van der Waals surface area contributed by atoms with Crippen LogP contribution < -0.4 is 14.8 Å². The molecule has 3 atom stereocenters. The molecule has 0 unspecified atom stereocenters. The number of hydrogen-bond donors (Lipinski definition) is 1. The first-order valence-electron chi connectivity index (χ1n) is 9.88. The Morgan fingerprint density at radius 2 is 1.86 bits per heavy atom. The van der Waals surface area contributed by atoms with Crippen LogP contribution in [-0.4, -0.2) is 68.3 Å². The normalized spacial score (nSPS) is 25.2. The summed E-state index contributed by atoms with van der Waals surface area (Å²) >= 11 is 6.09. The number of ether oxygens (including phenoxy) is 1. The number of anilines is 1. The van der Waals surface area contributed by atoms with E-state index in [1.807, 2.05) is 30.6 Å². The van der Waals surface area contributed by atoms with E-state index in [-0.39, 0.29) is 29.2 Å². The minimum atomic E-state index is -4.44. The Labute approximate surface area is 173 Å². The summed E-state index contributed by atoms with van der Waals surface area (Å²) in [5, 5.41) is 0.0451. The SMILES string of the molecule is C[C@@H]1CN(C(=O)[C@@H](C)[NH+]2CCN(c3[nH+]cc(C(F)(F)F)cc3Cl)CC2)C[C@@H](C)O1. The van der Waals surface area contributed by atoms with Gasteiger partial charge < -0.3 is 14.5 Å². The highest BCUT2D eigenvalue weighted by Gasteiger charge is 2.38. The van der Waals surface area contributed by atoms with E-state index in [0.717, 1.165) is 12.3 Å². The third-order valence-electron chi connectivity index (χ3n) is 5.64. The molecule has 2 aliphatic heterocycles. The number of hydrogen-bond acceptors (Lipinski definition) is 3. The van der Waals surface area contributed by atoms with E-state index in [4.69, 9.17) is 16.3 Å². The molecular weight excluding hydrogens is 409 g/mol. The first-order valence-corrected chi connectivity index (χ1v) is 10.3. The van der Waals surface area contributed by atoms with E-state index in [1.54, 1.807) is 0 Å². The second-order valence-electron chi connectivity index (χ2n) is 7.95. The lowest BCUT2D eigenvalue weighted by Crippen LogP contribution is -3.19. The first-order chi connectivity index (χ1) is 13.6. The van der Waals surface area contributed by atoms with Gasteiger partial charge >= 0.3 is 6.18 Å². The van der Waals surface area contributed by atoms with Gasteiger partial charge in [0.25, 0.3) is 11.7 Å². The average molecular weight is 437 g/mol. The summed E-state index contributed by atoms with van der Waals surface area (Å²) in [6.45, 7) is 9.69. The highest BCUT2D eigenvalue weighted by molar-refractivity contribution is 6.32. The van der Waals surface area contributed by atoms with Gasteiger partial charge in [-0.15, -0.1) is 0 Å². The van der Waals surface area contributed by atoms with Crippen molar-refractivity contribution in [2.45, 2.75) is 45.2 Å². The standard InChI is InChI=1S/C19H26ClF3N4O2/c1-12-10-27(11-13(2)29-12)18(28)14(3)25-4-6-26(7-5-25)17-16(20)8-15(9-24-17)19(21,22)23/h8-9,12-14H,4-7,10-11H2,1-3H3/p+2/t12-,13-,14-/m1/s1. The lowest BCUT2D eigenvalue weighted by molar-refractivity contribution is -0.915. The largest absolute Gasteiger partial charge is 0.419 e. The average Bonchev–Trinajstić information content (AvgIpc) is 2.65. The number of H-pyrrole nitrogens is 1. The summed E-state index contributed by atoms with van der Waals surface area (Å²) in [5.74, 6) is 0.600. The van der Waals surface area contributed by atoms with Crippen molar-refractivity contribution < 1.29 is 32.6 Å². The molecule has 2 fully saturated rings. The Kier molecular flexibility index (Phi) is 6.60. The number of nitrogens with zero attached hydrogens (tertiary/aromatic N) is 2. The molecule has 0 bridgehead atoms. The topological polar surface area (TPSA) is 51.4 Å². The Morgan fingerprint density at radius 1 is 1.28 bits per heavy atom. The fraction of sp³-hybridized carbons (Fsp3) is 0.684. The fourth-order valence-electron chi connectivity index (χ4n) is 4.12. The van der Waals surface area contributed by atoms with Crippen LogP contribution in [0.15, 0.2) is 12.3 Å². The predicted molar refractivity (Wildman–Crippen MR) is 102 cm³/mol. The van der Waals surface area contributed by atoms with Crippen molar-refractivity contribution >= 4 is 23.3 Å². The van der Waals surface area contributed by atoms with Gasteiger partial charge in [0.2, 0.25) is 0 Å². The number of carbonyl (C=O) groups excluding carboxylic acids is 1. The quantitative estimate of drug-likeness (QED) is 0.766. The number of carbonyl (C=O) groups is 1. The molecule has 2 N–H and O–H groups in total. The summed E-state index contributed by atoms with van der Waals surface area (Å²) in [7, 11) is 0. The van der Waals surface area contributed by atoms with Crippen LogP contribution in [0.25, 0.3) is 0 Å². The lowest BCUT2D eigenvalue weighted by atomic mass is 10.1. The molecule has 0 aliphatic carbocycles. The molecule has 1 aromatic rings. The molecule has 2 aliphatic rings. The van der Waals surface area contributed by atoms with Crippen LogP contribution in [0.1, 0.15) is 26.3 Å². The van der Waals surface area contributed by atoms with Gasteiger partial charge in [-0.3, -0.25) is 4.79 Å². The highest BCUT2D eigenvalue weighted by Crippen LogP contribution is 2.32. The minimum Gasteiger partial charge on any atom is -0.372 e. The minimum absolute atomic E-state index is 0.0269. The molecule has 162 valence electrons. The van der Waals surface area contributed by atoms with Gasteiger partial charge in [0.1, 0.15) is 37.4 Å². The Bertz CT molecular complexity index is 731. The third kappa shape index (κ3) is 5.13. The van der Waals surface area contributed by atoms with E-state index < -0.39 is 11.7 Å². The van der Waals surface area contributed by atoms with Gasteiger partial charge in [-0.1, -0.05) is 11.6 Å². The second-order valence-corrected chi connectivity index (χ2v) is 8.36. The number of pyridine rings is 1. The van der Waals surface area contributed by atoms with Gasteiger partial charge in [-0.05, 0) is 26.8 Å². The molecule has 1 amide bonds. The maximum atomic E-state index is 12.9. The molecule has 3 heterocycles. The summed E-state index contributed by atoms with van der Waals surface area (Å²) < 4.78 is 44.2. The Balaban J connectivity index is 1.59. The van der Waals surface area contributed by atoms with Crippen LogP contribution in [0.4, 0.5) is 19.0 Å². The van der Waals surface area contributed by atoms with Crippen molar-refractivity contribution in [3.8, 4) is 0 Å². The van der Waals surface area contributed by atoms with Gasteiger partial charge in [0.15, 0.2) is 6.04 Å². The molecular formula is C19H28ClF3N4O2+2. The van der Waals surface area contributed by atoms with Crippen LogP contribution in [-0.2, 0) is 15.7 Å². The van der Waals surface area contributed by atoms with Crippen molar-refractivity contribution in [3.63, 3.8) is 0 Å². The second kappa shape index (κ2) is 8.65. The van der Waals surface area contributed by atoms with Crippen LogP contribution in [0.2, 0.25) is 5.02 Å². The monoisotopic (exact) mass is 436 g/mol. The van der Waals surface area contributed by atoms with Gasteiger partial charge in [-0.2, -0.15) is 13.2 Å². The Hall–Kier alpha value is -1.58. The van der Waals surface area contributed by atoms with Crippen molar-refractivity contribution in [2.24, 2.45) is 0 Å². The number of aromatic nitrogens is 1. The van der Waals surface area contributed by atoms with Gasteiger partial charge in [0.05, 0.1) is 17.8 Å². The van der Waals surface area contributed by atoms with Crippen LogP contribution >= 0.6 is 11.6 Å². The molecule has 0 aromatic carbocycles. The number of nitrogens with one attached hydrogen (secondary N) is 2. The molecule has 10 heteroatoms. The van der Waals surface area contributed by atoms with Crippen molar-refractivity contribution in [1.29, 1.82) is 0 Å². The number of alkyl halides is 3. The van der Waals surface area contributed by atoms with Crippen molar-refractivity contribution in [3.05, 3.63) is 22.8 Å². The third-order valence-corrected chi connectivity index (χ3v) is 5.92. The maximum Gasteiger partial charge on any atom is 0.419 e. The number of aromatic amines is 1. The number of halogens is 4. The maximum absolute atomic E-state index is 12.9. The van der Waals surface area contributed by atoms with Gasteiger partial charge in [0, 0.05) is 13.1 Å². The van der Waals surface area contributed by atoms with Crippen molar-refractivity contribution in [1.82, 2.24) is 4.90 Å².